The molecule has 1 aromatic rings. The normalized spacial score (nSPS) is 18.4. The first kappa shape index (κ1) is 16.1. The molecule has 0 N–H and O–H groups in total. The Balaban J connectivity index is 2.26. The number of carbonyl (C=O) groups is 2. The molecule has 0 bridgehead atoms. The molecule has 1 fully saturated rings. The van der Waals surface area contributed by atoms with Gasteiger partial charge in [0.2, 0.25) is 0 Å². The highest BCUT2D eigenvalue weighted by Crippen LogP contribution is 2.23. The van der Waals surface area contributed by atoms with Crippen LogP contribution in [0.2, 0.25) is 5.02 Å². The third-order valence-corrected chi connectivity index (χ3v) is 4.36. The molecule has 1 aromatic carbocycles. The van der Waals surface area contributed by atoms with Crippen molar-refractivity contribution < 1.29 is 18.7 Å². The van der Waals surface area contributed by atoms with Gasteiger partial charge < -0.3 is 9.64 Å². The number of carbonyl (C=O) groups excluding carboxylic acids is 2. The third-order valence-electron chi connectivity index (χ3n) is 3.11. The van der Waals surface area contributed by atoms with Gasteiger partial charge in [0.15, 0.2) is 0 Å². The minimum atomic E-state index is -0.686. The van der Waals surface area contributed by atoms with Crippen LogP contribution in [-0.4, -0.2) is 47.5 Å². The SMILES string of the molecule is CCOC(=O)C1CSCCN1C(=O)c1cc(Cl)ccc1F. The van der Waals surface area contributed by atoms with Crippen molar-refractivity contribution in [3.8, 4) is 0 Å². The van der Waals surface area contributed by atoms with Gasteiger partial charge in [0, 0.05) is 23.1 Å². The van der Waals surface area contributed by atoms with Crippen molar-refractivity contribution in [2.45, 2.75) is 13.0 Å². The highest BCUT2D eigenvalue weighted by atomic mass is 35.5. The quantitative estimate of drug-likeness (QED) is 0.799. The Bertz CT molecular complexity index is 555. The molecule has 114 valence electrons. The van der Waals surface area contributed by atoms with Crippen LogP contribution < -0.4 is 0 Å². The van der Waals surface area contributed by atoms with Crippen LogP contribution in [-0.2, 0) is 9.53 Å². The molecule has 0 aliphatic carbocycles. The number of ether oxygens (including phenoxy) is 1. The van der Waals surface area contributed by atoms with Crippen LogP contribution in [0.25, 0.3) is 0 Å². The van der Waals surface area contributed by atoms with Gasteiger partial charge in [0.1, 0.15) is 11.9 Å². The minimum Gasteiger partial charge on any atom is -0.464 e. The summed E-state index contributed by atoms with van der Waals surface area (Å²) in [5.41, 5.74) is -0.122. The van der Waals surface area contributed by atoms with E-state index in [2.05, 4.69) is 0 Å². The van der Waals surface area contributed by atoms with Crippen LogP contribution in [0.1, 0.15) is 17.3 Å². The van der Waals surface area contributed by atoms with Crippen molar-refractivity contribution in [1.82, 2.24) is 4.90 Å². The first-order valence-corrected chi connectivity index (χ1v) is 8.08. The number of rotatable bonds is 3. The summed E-state index contributed by atoms with van der Waals surface area (Å²) in [5.74, 6) is -0.490. The Morgan fingerprint density at radius 3 is 3.00 bits per heavy atom. The molecule has 1 aliphatic heterocycles. The summed E-state index contributed by atoms with van der Waals surface area (Å²) in [4.78, 5) is 25.8. The molecule has 2 rings (SSSR count). The number of hydrogen-bond acceptors (Lipinski definition) is 4. The summed E-state index contributed by atoms with van der Waals surface area (Å²) >= 11 is 7.38. The largest absolute Gasteiger partial charge is 0.464 e. The molecular weight excluding hydrogens is 317 g/mol. The van der Waals surface area contributed by atoms with Crippen LogP contribution in [0, 0.1) is 5.82 Å². The lowest BCUT2D eigenvalue weighted by Crippen LogP contribution is -2.51. The second kappa shape index (κ2) is 7.13. The number of nitrogens with zero attached hydrogens (tertiary/aromatic N) is 1. The van der Waals surface area contributed by atoms with E-state index in [1.165, 1.54) is 17.0 Å². The Labute approximate surface area is 131 Å². The van der Waals surface area contributed by atoms with Gasteiger partial charge in [0.05, 0.1) is 12.2 Å². The zero-order valence-electron chi connectivity index (χ0n) is 11.5. The second-order valence-corrected chi connectivity index (χ2v) is 6.05. The smallest absolute Gasteiger partial charge is 0.329 e. The molecule has 1 unspecified atom stereocenters. The van der Waals surface area contributed by atoms with Crippen molar-refractivity contribution in [3.05, 3.63) is 34.6 Å². The average Bonchev–Trinajstić information content (AvgIpc) is 2.49. The molecule has 0 spiro atoms. The van der Waals surface area contributed by atoms with Gasteiger partial charge in [-0.25, -0.2) is 9.18 Å². The van der Waals surface area contributed by atoms with Crippen LogP contribution in [0.5, 0.6) is 0 Å². The molecule has 7 heteroatoms. The fourth-order valence-corrected chi connectivity index (χ4v) is 3.30. The summed E-state index contributed by atoms with van der Waals surface area (Å²) in [6.45, 7) is 2.32. The fraction of sp³-hybridized carbons (Fsp3) is 0.429. The molecule has 0 aromatic heterocycles. The first-order valence-electron chi connectivity index (χ1n) is 6.55. The molecule has 1 heterocycles. The number of esters is 1. The van der Waals surface area contributed by atoms with E-state index < -0.39 is 23.7 Å². The summed E-state index contributed by atoms with van der Waals surface area (Å²) in [6, 6.07) is 3.12. The highest BCUT2D eigenvalue weighted by molar-refractivity contribution is 7.99. The standard InChI is InChI=1S/C14H15ClFNO3S/c1-2-20-14(19)12-8-21-6-5-17(12)13(18)10-7-9(15)3-4-11(10)16/h3-4,7,12H,2,5-6,8H2,1H3. The van der Waals surface area contributed by atoms with Crippen LogP contribution in [0.4, 0.5) is 4.39 Å². The lowest BCUT2D eigenvalue weighted by Gasteiger charge is -2.33. The van der Waals surface area contributed by atoms with Crippen molar-refractivity contribution in [3.63, 3.8) is 0 Å². The van der Waals surface area contributed by atoms with Gasteiger partial charge in [-0.05, 0) is 25.1 Å². The summed E-state index contributed by atoms with van der Waals surface area (Å²) in [7, 11) is 0. The molecule has 0 saturated carbocycles. The van der Waals surface area contributed by atoms with Crippen LogP contribution in [0.15, 0.2) is 18.2 Å². The summed E-state index contributed by atoms with van der Waals surface area (Å²) in [5, 5.41) is 0.277. The molecular formula is C14H15ClFNO3S. The maximum atomic E-state index is 13.8. The number of halogens is 2. The van der Waals surface area contributed by atoms with Gasteiger partial charge in [-0.2, -0.15) is 11.8 Å². The number of hydrogen-bond donors (Lipinski definition) is 0. The van der Waals surface area contributed by atoms with E-state index in [9.17, 15) is 14.0 Å². The molecule has 4 nitrogen and oxygen atoms in total. The minimum absolute atomic E-state index is 0.122. The monoisotopic (exact) mass is 331 g/mol. The molecule has 1 amide bonds. The van der Waals surface area contributed by atoms with E-state index in [1.54, 1.807) is 18.7 Å². The van der Waals surface area contributed by atoms with Crippen LogP contribution >= 0.6 is 23.4 Å². The van der Waals surface area contributed by atoms with Crippen LogP contribution in [0.3, 0.4) is 0 Å². The fourth-order valence-electron chi connectivity index (χ4n) is 2.10. The zero-order chi connectivity index (χ0) is 15.4. The maximum absolute atomic E-state index is 13.8. The highest BCUT2D eigenvalue weighted by Gasteiger charge is 2.34. The lowest BCUT2D eigenvalue weighted by molar-refractivity contribution is -0.147. The first-order chi connectivity index (χ1) is 10.0. The van der Waals surface area contributed by atoms with Gasteiger partial charge in [-0.3, -0.25) is 4.79 Å². The molecule has 1 atom stereocenters. The molecule has 1 aliphatic rings. The molecule has 1 saturated heterocycles. The number of thioether (sulfide) groups is 1. The maximum Gasteiger partial charge on any atom is 0.329 e. The second-order valence-electron chi connectivity index (χ2n) is 4.47. The van der Waals surface area contributed by atoms with E-state index in [-0.39, 0.29) is 17.2 Å². The Morgan fingerprint density at radius 1 is 1.52 bits per heavy atom. The number of amides is 1. The average molecular weight is 332 g/mol. The Morgan fingerprint density at radius 2 is 2.29 bits per heavy atom. The van der Waals surface area contributed by atoms with Crippen molar-refractivity contribution >= 4 is 35.2 Å². The van der Waals surface area contributed by atoms with Gasteiger partial charge in [-0.15, -0.1) is 0 Å². The Hall–Kier alpha value is -1.27. The van der Waals surface area contributed by atoms with Gasteiger partial charge in [-0.1, -0.05) is 11.6 Å². The van der Waals surface area contributed by atoms with Gasteiger partial charge in [0.25, 0.3) is 5.91 Å². The molecule has 21 heavy (non-hydrogen) atoms. The van der Waals surface area contributed by atoms with Crippen molar-refractivity contribution in [2.75, 3.05) is 24.7 Å². The number of benzene rings is 1. The van der Waals surface area contributed by atoms with E-state index in [1.807, 2.05) is 0 Å². The van der Waals surface area contributed by atoms with E-state index in [0.717, 1.165) is 6.07 Å². The van der Waals surface area contributed by atoms with E-state index >= 15 is 0 Å². The van der Waals surface area contributed by atoms with Crippen molar-refractivity contribution in [2.24, 2.45) is 0 Å². The Kier molecular flexibility index (Phi) is 5.47. The van der Waals surface area contributed by atoms with E-state index in [0.29, 0.717) is 18.1 Å². The van der Waals surface area contributed by atoms with Crippen molar-refractivity contribution in [1.29, 1.82) is 0 Å². The molecule has 0 radical (unpaired) electrons. The predicted octanol–water partition coefficient (Wildman–Crippen LogP) is 2.60. The van der Waals surface area contributed by atoms with Gasteiger partial charge >= 0.3 is 5.97 Å². The summed E-state index contributed by atoms with van der Waals surface area (Å²) < 4.78 is 18.8. The topological polar surface area (TPSA) is 46.6 Å². The summed E-state index contributed by atoms with van der Waals surface area (Å²) in [6.07, 6.45) is 0. The zero-order valence-corrected chi connectivity index (χ0v) is 13.0. The predicted molar refractivity (Wildman–Crippen MR) is 80.2 cm³/mol. The third kappa shape index (κ3) is 3.68. The lowest BCUT2D eigenvalue weighted by atomic mass is 10.1. The van der Waals surface area contributed by atoms with E-state index in [4.69, 9.17) is 16.3 Å².